The van der Waals surface area contributed by atoms with Crippen molar-refractivity contribution in [2.75, 3.05) is 14.2 Å². The summed E-state index contributed by atoms with van der Waals surface area (Å²) in [5.74, 6) is -4.17. The Morgan fingerprint density at radius 3 is 2.26 bits per heavy atom. The minimum absolute atomic E-state index is 0.198. The van der Waals surface area contributed by atoms with Crippen LogP contribution in [0.25, 0.3) is 5.57 Å². The molecule has 6 heteroatoms. The Hall–Kier alpha value is -1.75. The zero-order chi connectivity index (χ0) is 14.1. The van der Waals surface area contributed by atoms with Crippen LogP contribution in [0.15, 0.2) is 30.3 Å². The quantitative estimate of drug-likeness (QED) is 0.774. The van der Waals surface area contributed by atoms with Gasteiger partial charge < -0.3 is 19.7 Å². The first-order valence-electron chi connectivity index (χ1n) is 5.45. The molecular formula is C13H13NO5. The van der Waals surface area contributed by atoms with Crippen molar-refractivity contribution in [3.8, 4) is 6.07 Å². The van der Waals surface area contributed by atoms with Crippen molar-refractivity contribution in [2.24, 2.45) is 0 Å². The summed E-state index contributed by atoms with van der Waals surface area (Å²) in [5.41, 5.74) is 1.21. The van der Waals surface area contributed by atoms with E-state index in [9.17, 15) is 10.2 Å². The molecule has 1 aromatic carbocycles. The summed E-state index contributed by atoms with van der Waals surface area (Å²) in [4.78, 5) is 0. The van der Waals surface area contributed by atoms with Gasteiger partial charge in [0, 0.05) is 20.3 Å². The van der Waals surface area contributed by atoms with Gasteiger partial charge in [0.2, 0.25) is 0 Å². The van der Waals surface area contributed by atoms with Crippen LogP contribution in [0.1, 0.15) is 11.1 Å². The number of aliphatic hydroxyl groups is 2. The van der Waals surface area contributed by atoms with E-state index in [0.717, 1.165) is 0 Å². The van der Waals surface area contributed by atoms with Gasteiger partial charge >= 0.3 is 11.9 Å². The molecule has 2 unspecified atom stereocenters. The molecule has 0 saturated carbocycles. The topological polar surface area (TPSA) is 91.9 Å². The van der Waals surface area contributed by atoms with E-state index in [1.54, 1.807) is 24.3 Å². The maximum Gasteiger partial charge on any atom is 0.314 e. The molecule has 0 radical (unpaired) electrons. The summed E-state index contributed by atoms with van der Waals surface area (Å²) >= 11 is 0. The molecule has 1 heterocycles. The van der Waals surface area contributed by atoms with Gasteiger partial charge in [0.25, 0.3) is 0 Å². The number of nitrogens with zero attached hydrogens (tertiary/aromatic N) is 1. The van der Waals surface area contributed by atoms with Crippen molar-refractivity contribution in [2.45, 2.75) is 11.9 Å². The molecule has 0 fully saturated rings. The first-order valence-corrected chi connectivity index (χ1v) is 5.45. The average molecular weight is 263 g/mol. The standard InChI is InChI=1S/C13H13NO5/c1-17-12(15)7-11(13(16,18-2)19-12)10-5-3-9(8-14)4-6-10/h3-7,15-16H,1-2H3. The zero-order valence-electron chi connectivity index (χ0n) is 10.5. The van der Waals surface area contributed by atoms with Gasteiger partial charge in [-0.3, -0.25) is 4.74 Å². The largest absolute Gasteiger partial charge is 0.340 e. The van der Waals surface area contributed by atoms with Crippen LogP contribution < -0.4 is 0 Å². The number of nitriles is 1. The van der Waals surface area contributed by atoms with Gasteiger partial charge in [-0.1, -0.05) is 12.1 Å². The minimum atomic E-state index is -2.11. The first kappa shape index (κ1) is 13.7. The fourth-order valence-electron chi connectivity index (χ4n) is 1.80. The van der Waals surface area contributed by atoms with E-state index in [0.29, 0.717) is 11.1 Å². The number of methoxy groups -OCH3 is 2. The number of hydrogen-bond acceptors (Lipinski definition) is 6. The molecule has 2 atom stereocenters. The second kappa shape index (κ2) is 4.74. The van der Waals surface area contributed by atoms with Gasteiger partial charge in [-0.25, -0.2) is 0 Å². The van der Waals surface area contributed by atoms with Crippen molar-refractivity contribution in [1.82, 2.24) is 0 Å². The highest BCUT2D eigenvalue weighted by Gasteiger charge is 2.50. The predicted octanol–water partition coefficient (Wildman–Crippen LogP) is 0.557. The molecule has 0 amide bonds. The van der Waals surface area contributed by atoms with Crippen molar-refractivity contribution in [1.29, 1.82) is 5.26 Å². The maximum atomic E-state index is 10.2. The summed E-state index contributed by atoms with van der Waals surface area (Å²) < 4.78 is 14.6. The lowest BCUT2D eigenvalue weighted by Gasteiger charge is -2.27. The van der Waals surface area contributed by atoms with E-state index in [1.807, 2.05) is 6.07 Å². The zero-order valence-corrected chi connectivity index (χ0v) is 10.5. The third-order valence-electron chi connectivity index (χ3n) is 2.85. The van der Waals surface area contributed by atoms with Crippen LogP contribution in [0.4, 0.5) is 0 Å². The van der Waals surface area contributed by atoms with Crippen LogP contribution in [0.5, 0.6) is 0 Å². The normalized spacial score (nSPS) is 29.9. The second-order valence-electron chi connectivity index (χ2n) is 3.97. The molecule has 100 valence electrons. The Labute approximate surface area is 110 Å². The Morgan fingerprint density at radius 1 is 1.16 bits per heavy atom. The summed E-state index contributed by atoms with van der Waals surface area (Å²) in [7, 11) is 2.47. The molecule has 2 rings (SSSR count). The molecule has 19 heavy (non-hydrogen) atoms. The molecule has 0 saturated heterocycles. The first-order chi connectivity index (χ1) is 8.96. The van der Waals surface area contributed by atoms with Gasteiger partial charge in [-0.05, 0) is 17.7 Å². The highest BCUT2D eigenvalue weighted by Crippen LogP contribution is 2.40. The van der Waals surface area contributed by atoms with Crippen LogP contribution in [0.2, 0.25) is 0 Å². The third kappa shape index (κ3) is 2.38. The molecule has 0 bridgehead atoms. The van der Waals surface area contributed by atoms with Crippen LogP contribution in [0.3, 0.4) is 0 Å². The molecule has 1 aromatic rings. The highest BCUT2D eigenvalue weighted by molar-refractivity contribution is 5.72. The van der Waals surface area contributed by atoms with Crippen LogP contribution in [-0.4, -0.2) is 36.4 Å². The average Bonchev–Trinajstić information content (AvgIpc) is 2.72. The van der Waals surface area contributed by atoms with E-state index in [2.05, 4.69) is 0 Å². The summed E-state index contributed by atoms with van der Waals surface area (Å²) in [6.45, 7) is 0. The lowest BCUT2D eigenvalue weighted by Crippen LogP contribution is -2.40. The lowest BCUT2D eigenvalue weighted by atomic mass is 10.0. The second-order valence-corrected chi connectivity index (χ2v) is 3.97. The van der Waals surface area contributed by atoms with Crippen molar-refractivity contribution in [3.05, 3.63) is 41.5 Å². The van der Waals surface area contributed by atoms with E-state index >= 15 is 0 Å². The van der Waals surface area contributed by atoms with Gasteiger partial charge in [-0.15, -0.1) is 0 Å². The van der Waals surface area contributed by atoms with Gasteiger partial charge in [0.15, 0.2) is 0 Å². The molecule has 1 aliphatic heterocycles. The van der Waals surface area contributed by atoms with Gasteiger partial charge in [0.05, 0.1) is 17.2 Å². The number of hydrogen-bond donors (Lipinski definition) is 2. The van der Waals surface area contributed by atoms with E-state index < -0.39 is 11.9 Å². The molecule has 0 aliphatic carbocycles. The summed E-state index contributed by atoms with van der Waals surface area (Å²) in [6.07, 6.45) is 1.21. The Kier molecular flexibility index (Phi) is 3.41. The van der Waals surface area contributed by atoms with Gasteiger partial charge in [-0.2, -0.15) is 5.26 Å². The minimum Gasteiger partial charge on any atom is -0.340 e. The molecule has 0 spiro atoms. The Balaban J connectivity index is 2.45. The fourth-order valence-corrected chi connectivity index (χ4v) is 1.80. The SMILES string of the molecule is COC1(O)C=C(c2ccc(C#N)cc2)C(O)(OC)O1. The van der Waals surface area contributed by atoms with Crippen molar-refractivity contribution >= 4 is 5.57 Å². The Morgan fingerprint density at radius 2 is 1.79 bits per heavy atom. The maximum absolute atomic E-state index is 10.2. The highest BCUT2D eigenvalue weighted by atomic mass is 16.9. The Bertz CT molecular complexity index is 547. The molecule has 6 nitrogen and oxygen atoms in total. The number of ether oxygens (including phenoxy) is 3. The lowest BCUT2D eigenvalue weighted by molar-refractivity contribution is -0.426. The monoisotopic (exact) mass is 263 g/mol. The third-order valence-corrected chi connectivity index (χ3v) is 2.85. The summed E-state index contributed by atoms with van der Waals surface area (Å²) in [5, 5.41) is 28.8. The van der Waals surface area contributed by atoms with Crippen LogP contribution in [-0.2, 0) is 14.2 Å². The van der Waals surface area contributed by atoms with Crippen LogP contribution in [0, 0.1) is 11.3 Å². The van der Waals surface area contributed by atoms with E-state index in [-0.39, 0.29) is 5.57 Å². The van der Waals surface area contributed by atoms with Crippen LogP contribution >= 0.6 is 0 Å². The molecule has 0 aromatic heterocycles. The van der Waals surface area contributed by atoms with E-state index in [1.165, 1.54) is 20.3 Å². The van der Waals surface area contributed by atoms with Crippen molar-refractivity contribution in [3.63, 3.8) is 0 Å². The summed E-state index contributed by atoms with van der Waals surface area (Å²) in [6, 6.07) is 8.37. The molecular weight excluding hydrogens is 250 g/mol. The number of benzene rings is 1. The predicted molar refractivity (Wildman–Crippen MR) is 64.1 cm³/mol. The van der Waals surface area contributed by atoms with E-state index in [4.69, 9.17) is 19.5 Å². The molecule has 1 aliphatic rings. The number of rotatable bonds is 3. The van der Waals surface area contributed by atoms with Crippen molar-refractivity contribution < 1.29 is 24.4 Å². The molecule has 2 N–H and O–H groups in total. The van der Waals surface area contributed by atoms with Gasteiger partial charge in [0.1, 0.15) is 0 Å². The fraction of sp³-hybridized carbons (Fsp3) is 0.308. The smallest absolute Gasteiger partial charge is 0.314 e.